The van der Waals surface area contributed by atoms with E-state index in [-0.39, 0.29) is 12.2 Å². The SMILES string of the molecule is CCCNCC(C)S(=O)(=O)N1CC(OC)C(OC)C1. The summed E-state index contributed by atoms with van der Waals surface area (Å²) in [6, 6.07) is 0. The first-order valence-corrected chi connectivity index (χ1v) is 8.22. The predicted molar refractivity (Wildman–Crippen MR) is 74.7 cm³/mol. The number of ether oxygens (including phenoxy) is 2. The van der Waals surface area contributed by atoms with E-state index in [4.69, 9.17) is 9.47 Å². The van der Waals surface area contributed by atoms with E-state index >= 15 is 0 Å². The van der Waals surface area contributed by atoms with Gasteiger partial charge in [-0.15, -0.1) is 0 Å². The molecule has 0 aromatic carbocycles. The molecule has 0 saturated carbocycles. The van der Waals surface area contributed by atoms with Crippen LogP contribution in [0.5, 0.6) is 0 Å². The first kappa shape index (κ1) is 16.8. The molecule has 0 aliphatic carbocycles. The van der Waals surface area contributed by atoms with Gasteiger partial charge in [-0.25, -0.2) is 8.42 Å². The molecule has 0 aromatic rings. The van der Waals surface area contributed by atoms with Crippen molar-refractivity contribution in [2.75, 3.05) is 40.4 Å². The maximum Gasteiger partial charge on any atom is 0.218 e. The van der Waals surface area contributed by atoms with Crippen LogP contribution in [0.15, 0.2) is 0 Å². The average Bonchev–Trinajstić information content (AvgIpc) is 2.82. The molecule has 1 heterocycles. The summed E-state index contributed by atoms with van der Waals surface area (Å²) in [5.41, 5.74) is 0. The highest BCUT2D eigenvalue weighted by Gasteiger charge is 2.40. The Morgan fingerprint density at radius 2 is 1.79 bits per heavy atom. The minimum absolute atomic E-state index is 0.185. The number of hydrogen-bond donors (Lipinski definition) is 1. The van der Waals surface area contributed by atoms with E-state index in [1.54, 1.807) is 21.1 Å². The largest absolute Gasteiger partial charge is 0.377 e. The molecule has 1 aliphatic rings. The first-order valence-electron chi connectivity index (χ1n) is 6.72. The van der Waals surface area contributed by atoms with Crippen molar-refractivity contribution < 1.29 is 17.9 Å². The third-order valence-electron chi connectivity index (χ3n) is 3.51. The number of sulfonamides is 1. The van der Waals surface area contributed by atoms with Crippen molar-refractivity contribution >= 4 is 10.0 Å². The Morgan fingerprint density at radius 1 is 1.26 bits per heavy atom. The quantitative estimate of drug-likeness (QED) is 0.641. The maximum atomic E-state index is 12.4. The molecule has 1 rings (SSSR count). The molecule has 3 atom stereocenters. The summed E-state index contributed by atoms with van der Waals surface area (Å²) in [4.78, 5) is 0. The number of rotatable bonds is 8. The standard InChI is InChI=1S/C12H26N2O4S/c1-5-6-13-7-10(2)19(15,16)14-8-11(17-3)12(9-14)18-4/h10-13H,5-9H2,1-4H3. The summed E-state index contributed by atoms with van der Waals surface area (Å²) in [5, 5.41) is 2.71. The van der Waals surface area contributed by atoms with Crippen LogP contribution in [0.25, 0.3) is 0 Å². The number of methoxy groups -OCH3 is 2. The highest BCUT2D eigenvalue weighted by molar-refractivity contribution is 7.89. The summed E-state index contributed by atoms with van der Waals surface area (Å²) in [5.74, 6) is 0. The predicted octanol–water partition coefficient (Wildman–Crippen LogP) is 0.0499. The lowest BCUT2D eigenvalue weighted by atomic mass is 10.3. The summed E-state index contributed by atoms with van der Waals surface area (Å²) < 4.78 is 36.9. The molecule has 3 unspecified atom stereocenters. The Labute approximate surface area is 116 Å². The van der Waals surface area contributed by atoms with Crippen LogP contribution in [0.3, 0.4) is 0 Å². The smallest absolute Gasteiger partial charge is 0.218 e. The van der Waals surface area contributed by atoms with Crippen LogP contribution in [0.1, 0.15) is 20.3 Å². The van der Waals surface area contributed by atoms with Gasteiger partial charge in [-0.2, -0.15) is 4.31 Å². The highest BCUT2D eigenvalue weighted by Crippen LogP contribution is 2.21. The van der Waals surface area contributed by atoms with Crippen LogP contribution in [-0.4, -0.2) is 70.6 Å². The van der Waals surface area contributed by atoms with Crippen molar-refractivity contribution in [3.8, 4) is 0 Å². The van der Waals surface area contributed by atoms with E-state index in [9.17, 15) is 8.42 Å². The Balaban J connectivity index is 2.62. The number of nitrogens with zero attached hydrogens (tertiary/aromatic N) is 1. The third kappa shape index (κ3) is 4.13. The van der Waals surface area contributed by atoms with Gasteiger partial charge in [0.25, 0.3) is 0 Å². The molecule has 0 bridgehead atoms. The van der Waals surface area contributed by atoms with Gasteiger partial charge in [-0.3, -0.25) is 0 Å². The van der Waals surface area contributed by atoms with Gasteiger partial charge in [-0.1, -0.05) is 6.92 Å². The third-order valence-corrected chi connectivity index (χ3v) is 5.72. The molecule has 0 amide bonds. The van der Waals surface area contributed by atoms with E-state index in [2.05, 4.69) is 12.2 Å². The van der Waals surface area contributed by atoms with Crippen molar-refractivity contribution in [3.63, 3.8) is 0 Å². The highest BCUT2D eigenvalue weighted by atomic mass is 32.2. The van der Waals surface area contributed by atoms with Gasteiger partial charge in [-0.05, 0) is 19.9 Å². The van der Waals surface area contributed by atoms with Crippen LogP contribution < -0.4 is 5.32 Å². The van der Waals surface area contributed by atoms with Crippen molar-refractivity contribution in [2.24, 2.45) is 0 Å². The van der Waals surface area contributed by atoms with Gasteiger partial charge in [0.05, 0.1) is 17.5 Å². The molecular formula is C12H26N2O4S. The van der Waals surface area contributed by atoms with E-state index in [1.807, 2.05) is 0 Å². The van der Waals surface area contributed by atoms with Gasteiger partial charge in [0, 0.05) is 33.9 Å². The lowest BCUT2D eigenvalue weighted by molar-refractivity contribution is -0.00461. The second-order valence-corrected chi connectivity index (χ2v) is 7.28. The fraction of sp³-hybridized carbons (Fsp3) is 1.00. The van der Waals surface area contributed by atoms with Crippen LogP contribution in [0, 0.1) is 0 Å². The topological polar surface area (TPSA) is 67.9 Å². The van der Waals surface area contributed by atoms with Crippen LogP contribution >= 0.6 is 0 Å². The zero-order chi connectivity index (χ0) is 14.5. The minimum atomic E-state index is -3.29. The van der Waals surface area contributed by atoms with Crippen LogP contribution in [0.4, 0.5) is 0 Å². The second-order valence-electron chi connectivity index (χ2n) is 4.92. The summed E-state index contributed by atoms with van der Waals surface area (Å²) in [6.07, 6.45) is 0.625. The van der Waals surface area contributed by atoms with Crippen molar-refractivity contribution in [1.82, 2.24) is 9.62 Å². The van der Waals surface area contributed by atoms with Crippen LogP contribution in [-0.2, 0) is 19.5 Å². The van der Waals surface area contributed by atoms with E-state index < -0.39 is 15.3 Å². The summed E-state index contributed by atoms with van der Waals surface area (Å²) in [6.45, 7) is 5.84. The minimum Gasteiger partial charge on any atom is -0.377 e. The number of hydrogen-bond acceptors (Lipinski definition) is 5. The summed E-state index contributed by atoms with van der Waals surface area (Å²) in [7, 11) is -0.130. The maximum absolute atomic E-state index is 12.4. The molecule has 7 heteroatoms. The molecule has 19 heavy (non-hydrogen) atoms. The molecule has 1 N–H and O–H groups in total. The van der Waals surface area contributed by atoms with Gasteiger partial charge in [0.1, 0.15) is 0 Å². The molecule has 0 aromatic heterocycles. The Kier molecular flexibility index (Phi) is 6.68. The molecule has 114 valence electrons. The van der Waals surface area contributed by atoms with Crippen molar-refractivity contribution in [1.29, 1.82) is 0 Å². The van der Waals surface area contributed by atoms with E-state index in [1.165, 1.54) is 4.31 Å². The molecule has 1 aliphatic heterocycles. The summed E-state index contributed by atoms with van der Waals surface area (Å²) >= 11 is 0. The first-order chi connectivity index (χ1) is 8.97. The van der Waals surface area contributed by atoms with Crippen LogP contribution in [0.2, 0.25) is 0 Å². The fourth-order valence-electron chi connectivity index (χ4n) is 2.21. The molecule has 0 radical (unpaired) electrons. The molecule has 1 saturated heterocycles. The fourth-order valence-corrected chi connectivity index (χ4v) is 3.76. The zero-order valence-corrected chi connectivity index (χ0v) is 13.1. The van der Waals surface area contributed by atoms with Gasteiger partial charge < -0.3 is 14.8 Å². The molecular weight excluding hydrogens is 268 g/mol. The monoisotopic (exact) mass is 294 g/mol. The van der Waals surface area contributed by atoms with E-state index in [0.717, 1.165) is 13.0 Å². The lowest BCUT2D eigenvalue weighted by Crippen LogP contribution is -2.41. The van der Waals surface area contributed by atoms with Gasteiger partial charge in [0.15, 0.2) is 0 Å². The molecule has 1 fully saturated rings. The van der Waals surface area contributed by atoms with E-state index in [0.29, 0.717) is 19.6 Å². The zero-order valence-electron chi connectivity index (χ0n) is 12.3. The Bertz CT molecular complexity index is 349. The Hall–Kier alpha value is -0.210. The number of nitrogens with one attached hydrogen (secondary N) is 1. The van der Waals surface area contributed by atoms with Crippen molar-refractivity contribution in [2.45, 2.75) is 37.7 Å². The van der Waals surface area contributed by atoms with Crippen molar-refractivity contribution in [3.05, 3.63) is 0 Å². The van der Waals surface area contributed by atoms with Gasteiger partial charge in [0.2, 0.25) is 10.0 Å². The van der Waals surface area contributed by atoms with Gasteiger partial charge >= 0.3 is 0 Å². The molecule has 0 spiro atoms. The Morgan fingerprint density at radius 3 is 2.21 bits per heavy atom. The normalized spacial score (nSPS) is 26.7. The lowest BCUT2D eigenvalue weighted by Gasteiger charge is -2.21. The molecule has 6 nitrogen and oxygen atoms in total. The average molecular weight is 294 g/mol. The second kappa shape index (κ2) is 7.54.